The van der Waals surface area contributed by atoms with E-state index < -0.39 is 5.97 Å². The van der Waals surface area contributed by atoms with Gasteiger partial charge in [-0.05, 0) is 23.8 Å². The third-order valence-electron chi connectivity index (χ3n) is 4.10. The molecule has 3 aromatic rings. The molecule has 26 heavy (non-hydrogen) atoms. The molecule has 0 aliphatic rings. The van der Waals surface area contributed by atoms with Crippen molar-refractivity contribution in [1.29, 1.82) is 0 Å². The van der Waals surface area contributed by atoms with Crippen molar-refractivity contribution in [2.24, 2.45) is 7.05 Å². The van der Waals surface area contributed by atoms with Crippen LogP contribution < -0.4 is 10.1 Å². The summed E-state index contributed by atoms with van der Waals surface area (Å²) >= 11 is 0. The Bertz CT molecular complexity index is 961. The van der Waals surface area contributed by atoms with Crippen LogP contribution in [-0.2, 0) is 23.2 Å². The van der Waals surface area contributed by atoms with E-state index in [4.69, 9.17) is 9.47 Å². The van der Waals surface area contributed by atoms with Crippen LogP contribution in [0.5, 0.6) is 5.75 Å². The van der Waals surface area contributed by atoms with Crippen LogP contribution in [0, 0.1) is 0 Å². The maximum atomic E-state index is 12.2. The molecule has 6 nitrogen and oxygen atoms in total. The SMILES string of the molecule is COC(=O)c1c(NC(C)=O)c2cc(OCc3ccccc3)ccc2n1C. The zero-order valence-electron chi connectivity index (χ0n) is 14.9. The Balaban J connectivity index is 2.01. The molecule has 3 rings (SSSR count). The minimum absolute atomic E-state index is 0.265. The van der Waals surface area contributed by atoms with Gasteiger partial charge in [-0.1, -0.05) is 30.3 Å². The first-order valence-electron chi connectivity index (χ1n) is 8.16. The van der Waals surface area contributed by atoms with Gasteiger partial charge in [0.15, 0.2) is 5.69 Å². The Morgan fingerprint density at radius 1 is 1.12 bits per heavy atom. The highest BCUT2D eigenvalue weighted by molar-refractivity contribution is 6.11. The smallest absolute Gasteiger partial charge is 0.356 e. The predicted octanol–water partition coefficient (Wildman–Crippen LogP) is 3.50. The third-order valence-corrected chi connectivity index (χ3v) is 4.10. The van der Waals surface area contributed by atoms with Crippen LogP contribution in [0.4, 0.5) is 5.69 Å². The number of rotatable bonds is 5. The van der Waals surface area contributed by atoms with E-state index in [0.717, 1.165) is 11.1 Å². The molecule has 1 aromatic heterocycles. The number of nitrogens with zero attached hydrogens (tertiary/aromatic N) is 1. The van der Waals surface area contributed by atoms with Gasteiger partial charge in [0.2, 0.25) is 5.91 Å². The van der Waals surface area contributed by atoms with Gasteiger partial charge < -0.3 is 19.4 Å². The molecule has 0 fully saturated rings. The van der Waals surface area contributed by atoms with Crippen LogP contribution in [0.25, 0.3) is 10.9 Å². The molecule has 0 aliphatic heterocycles. The Hall–Kier alpha value is -3.28. The molecule has 0 bridgehead atoms. The number of carbonyl (C=O) groups is 2. The number of ether oxygens (including phenoxy) is 2. The van der Waals surface area contributed by atoms with Gasteiger partial charge in [-0.15, -0.1) is 0 Å². The Kier molecular flexibility index (Phi) is 4.93. The lowest BCUT2D eigenvalue weighted by atomic mass is 10.2. The average Bonchev–Trinajstić information content (AvgIpc) is 2.91. The fourth-order valence-electron chi connectivity index (χ4n) is 2.89. The second kappa shape index (κ2) is 7.31. The van der Waals surface area contributed by atoms with Gasteiger partial charge in [0.05, 0.1) is 18.3 Å². The fourth-order valence-corrected chi connectivity index (χ4v) is 2.89. The molecule has 0 spiro atoms. The summed E-state index contributed by atoms with van der Waals surface area (Å²) in [4.78, 5) is 23.8. The lowest BCUT2D eigenvalue weighted by Gasteiger charge is -2.07. The maximum Gasteiger partial charge on any atom is 0.356 e. The zero-order valence-corrected chi connectivity index (χ0v) is 14.9. The second-order valence-corrected chi connectivity index (χ2v) is 5.91. The van der Waals surface area contributed by atoms with Crippen molar-refractivity contribution in [1.82, 2.24) is 4.57 Å². The van der Waals surface area contributed by atoms with Gasteiger partial charge in [-0.2, -0.15) is 0 Å². The van der Waals surface area contributed by atoms with Crippen LogP contribution in [-0.4, -0.2) is 23.6 Å². The van der Waals surface area contributed by atoms with Gasteiger partial charge in [0.25, 0.3) is 0 Å². The molecular weight excluding hydrogens is 332 g/mol. The van der Waals surface area contributed by atoms with Crippen molar-refractivity contribution in [3.8, 4) is 5.75 Å². The van der Waals surface area contributed by atoms with E-state index in [1.54, 1.807) is 11.6 Å². The Morgan fingerprint density at radius 3 is 2.50 bits per heavy atom. The number of aryl methyl sites for hydroxylation is 1. The summed E-state index contributed by atoms with van der Waals surface area (Å²) < 4.78 is 12.4. The average molecular weight is 352 g/mol. The van der Waals surface area contributed by atoms with Crippen molar-refractivity contribution in [2.75, 3.05) is 12.4 Å². The predicted molar refractivity (Wildman–Crippen MR) is 99.3 cm³/mol. The minimum Gasteiger partial charge on any atom is -0.489 e. The highest BCUT2D eigenvalue weighted by Crippen LogP contribution is 2.33. The van der Waals surface area contributed by atoms with Gasteiger partial charge in [0, 0.05) is 19.4 Å². The van der Waals surface area contributed by atoms with Crippen molar-refractivity contribution >= 4 is 28.5 Å². The molecule has 0 saturated heterocycles. The van der Waals surface area contributed by atoms with E-state index in [-0.39, 0.29) is 11.6 Å². The monoisotopic (exact) mass is 352 g/mol. The highest BCUT2D eigenvalue weighted by Gasteiger charge is 2.23. The van der Waals surface area contributed by atoms with Crippen molar-refractivity contribution in [2.45, 2.75) is 13.5 Å². The molecule has 1 amide bonds. The molecule has 0 atom stereocenters. The first-order valence-corrected chi connectivity index (χ1v) is 8.16. The first kappa shape index (κ1) is 17.5. The minimum atomic E-state index is -0.515. The number of nitrogens with one attached hydrogen (secondary N) is 1. The van der Waals surface area contributed by atoms with Crippen molar-refractivity contribution in [3.05, 3.63) is 59.8 Å². The molecule has 6 heteroatoms. The first-order chi connectivity index (χ1) is 12.5. The number of anilines is 1. The van der Waals surface area contributed by atoms with E-state index in [9.17, 15) is 9.59 Å². The molecule has 1 N–H and O–H groups in total. The van der Waals surface area contributed by atoms with Crippen LogP contribution >= 0.6 is 0 Å². The van der Waals surface area contributed by atoms with Crippen LogP contribution in [0.1, 0.15) is 23.0 Å². The van der Waals surface area contributed by atoms with Crippen molar-refractivity contribution in [3.63, 3.8) is 0 Å². The van der Waals surface area contributed by atoms with E-state index in [1.807, 2.05) is 48.5 Å². The van der Waals surface area contributed by atoms with Crippen LogP contribution in [0.3, 0.4) is 0 Å². The van der Waals surface area contributed by atoms with E-state index in [0.29, 0.717) is 23.4 Å². The number of fused-ring (bicyclic) bond motifs is 1. The number of aromatic nitrogens is 1. The summed E-state index contributed by atoms with van der Waals surface area (Å²) in [5.74, 6) is -0.132. The van der Waals surface area contributed by atoms with Gasteiger partial charge >= 0.3 is 5.97 Å². The summed E-state index contributed by atoms with van der Waals surface area (Å²) in [7, 11) is 3.07. The third kappa shape index (κ3) is 3.39. The number of hydrogen-bond donors (Lipinski definition) is 1. The summed E-state index contributed by atoms with van der Waals surface area (Å²) in [5.41, 5.74) is 2.56. The molecule has 0 saturated carbocycles. The number of amides is 1. The number of benzene rings is 2. The second-order valence-electron chi connectivity index (χ2n) is 5.91. The normalized spacial score (nSPS) is 10.6. The standard InChI is InChI=1S/C20H20N2O4/c1-13(23)21-18-16-11-15(26-12-14-7-5-4-6-8-14)9-10-17(16)22(2)19(18)20(24)25-3/h4-11H,12H2,1-3H3,(H,21,23). The molecule has 0 aliphatic carbocycles. The largest absolute Gasteiger partial charge is 0.489 e. The lowest BCUT2D eigenvalue weighted by molar-refractivity contribution is -0.114. The lowest BCUT2D eigenvalue weighted by Crippen LogP contribution is -2.13. The van der Waals surface area contributed by atoms with Crippen LogP contribution in [0.2, 0.25) is 0 Å². The zero-order chi connectivity index (χ0) is 18.7. The van der Waals surface area contributed by atoms with Gasteiger partial charge in [-0.25, -0.2) is 4.79 Å². The maximum absolute atomic E-state index is 12.2. The molecule has 1 heterocycles. The molecule has 134 valence electrons. The number of esters is 1. The Morgan fingerprint density at radius 2 is 1.85 bits per heavy atom. The quantitative estimate of drug-likeness (QED) is 0.714. The van der Waals surface area contributed by atoms with E-state index in [1.165, 1.54) is 14.0 Å². The number of methoxy groups -OCH3 is 1. The topological polar surface area (TPSA) is 69.6 Å². The highest BCUT2D eigenvalue weighted by atomic mass is 16.5. The van der Waals surface area contributed by atoms with E-state index >= 15 is 0 Å². The number of carbonyl (C=O) groups excluding carboxylic acids is 2. The number of hydrogen-bond acceptors (Lipinski definition) is 4. The van der Waals surface area contributed by atoms with E-state index in [2.05, 4.69) is 5.32 Å². The molecule has 0 unspecified atom stereocenters. The summed E-state index contributed by atoms with van der Waals surface area (Å²) in [6, 6.07) is 15.3. The molecule has 0 radical (unpaired) electrons. The summed E-state index contributed by atoms with van der Waals surface area (Å²) in [6.07, 6.45) is 0. The fraction of sp³-hybridized carbons (Fsp3) is 0.200. The Labute approximate surface area is 151 Å². The molecular formula is C20H20N2O4. The van der Waals surface area contributed by atoms with Gasteiger partial charge in [-0.3, -0.25) is 4.79 Å². The summed E-state index contributed by atoms with van der Waals surface area (Å²) in [6.45, 7) is 1.83. The molecule has 2 aromatic carbocycles. The van der Waals surface area contributed by atoms with Crippen molar-refractivity contribution < 1.29 is 19.1 Å². The van der Waals surface area contributed by atoms with Gasteiger partial charge in [0.1, 0.15) is 12.4 Å². The summed E-state index contributed by atoms with van der Waals surface area (Å²) in [5, 5.41) is 3.45. The van der Waals surface area contributed by atoms with Crippen LogP contribution in [0.15, 0.2) is 48.5 Å².